The fourth-order valence-electron chi connectivity index (χ4n) is 1.87. The first-order valence-corrected chi connectivity index (χ1v) is 7.93. The molecule has 1 heterocycles. The number of aromatic nitrogens is 2. The van der Waals surface area contributed by atoms with Crippen molar-refractivity contribution in [2.24, 2.45) is 5.92 Å². The molecule has 0 spiro atoms. The molecule has 0 aliphatic rings. The number of hydrogen-bond acceptors (Lipinski definition) is 8. The van der Waals surface area contributed by atoms with Crippen molar-refractivity contribution in [3.63, 3.8) is 0 Å². The third kappa shape index (κ3) is 6.09. The van der Waals surface area contributed by atoms with Crippen LogP contribution < -0.4 is 19.5 Å². The number of nitrogens with zero attached hydrogens (tertiary/aromatic N) is 2. The van der Waals surface area contributed by atoms with Gasteiger partial charge in [0.2, 0.25) is 11.8 Å². The SMILES string of the molecule is CCOC(=O)C(C)NC(=O)C(Oc1nc(OC)cc(OC)n1)C(C)C. The van der Waals surface area contributed by atoms with Gasteiger partial charge in [0.25, 0.3) is 5.91 Å². The molecule has 9 nitrogen and oxygen atoms in total. The van der Waals surface area contributed by atoms with Crippen LogP contribution in [-0.4, -0.2) is 54.8 Å². The Kier molecular flexibility index (Phi) is 7.90. The molecule has 0 bridgehead atoms. The van der Waals surface area contributed by atoms with E-state index in [1.54, 1.807) is 27.7 Å². The molecule has 1 rings (SSSR count). The maximum atomic E-state index is 12.5. The quantitative estimate of drug-likeness (QED) is 0.653. The van der Waals surface area contributed by atoms with E-state index in [-0.39, 0.29) is 30.3 Å². The standard InChI is InChI=1S/C16H25N3O6/c1-7-24-15(21)10(4)17-14(20)13(9(2)3)25-16-18-11(22-5)8-12(19-16)23-6/h8-10,13H,7H2,1-6H3,(H,17,20). The molecular formula is C16H25N3O6. The summed E-state index contributed by atoms with van der Waals surface area (Å²) in [4.78, 5) is 32.2. The normalized spacial score (nSPS) is 12.9. The highest BCUT2D eigenvalue weighted by atomic mass is 16.5. The van der Waals surface area contributed by atoms with E-state index in [0.29, 0.717) is 0 Å². The van der Waals surface area contributed by atoms with Crippen molar-refractivity contribution in [1.29, 1.82) is 0 Å². The van der Waals surface area contributed by atoms with Gasteiger partial charge in [-0.3, -0.25) is 4.79 Å². The van der Waals surface area contributed by atoms with Gasteiger partial charge in [0.15, 0.2) is 6.10 Å². The minimum absolute atomic E-state index is 0.0613. The molecule has 0 saturated carbocycles. The maximum absolute atomic E-state index is 12.5. The topological polar surface area (TPSA) is 109 Å². The summed E-state index contributed by atoms with van der Waals surface area (Å²) in [5.74, 6) is -0.705. The summed E-state index contributed by atoms with van der Waals surface area (Å²) in [7, 11) is 2.89. The van der Waals surface area contributed by atoms with Gasteiger partial charge in [0.1, 0.15) is 6.04 Å². The molecular weight excluding hydrogens is 330 g/mol. The Morgan fingerprint density at radius 2 is 1.68 bits per heavy atom. The van der Waals surface area contributed by atoms with Gasteiger partial charge < -0.3 is 24.3 Å². The number of methoxy groups -OCH3 is 2. The van der Waals surface area contributed by atoms with Crippen LogP contribution in [0, 0.1) is 5.92 Å². The highest BCUT2D eigenvalue weighted by Crippen LogP contribution is 2.21. The summed E-state index contributed by atoms with van der Waals surface area (Å²) in [6, 6.07) is 0.632. The van der Waals surface area contributed by atoms with Crippen LogP contribution in [0.5, 0.6) is 17.8 Å². The molecule has 0 aliphatic heterocycles. The van der Waals surface area contributed by atoms with E-state index in [2.05, 4.69) is 15.3 Å². The monoisotopic (exact) mass is 355 g/mol. The second-order valence-corrected chi connectivity index (χ2v) is 5.50. The fraction of sp³-hybridized carbons (Fsp3) is 0.625. The smallest absolute Gasteiger partial charge is 0.328 e. The van der Waals surface area contributed by atoms with Crippen LogP contribution in [0.4, 0.5) is 0 Å². The van der Waals surface area contributed by atoms with Crippen LogP contribution in [0.3, 0.4) is 0 Å². The van der Waals surface area contributed by atoms with Crippen LogP contribution in [-0.2, 0) is 14.3 Å². The number of amides is 1. The summed E-state index contributed by atoms with van der Waals surface area (Å²) in [6.07, 6.45) is -0.909. The van der Waals surface area contributed by atoms with E-state index in [1.807, 2.05) is 0 Å². The first-order chi connectivity index (χ1) is 11.8. The first kappa shape index (κ1) is 20.5. The number of carbonyl (C=O) groups is 2. The largest absolute Gasteiger partial charge is 0.481 e. The molecule has 0 fully saturated rings. The highest BCUT2D eigenvalue weighted by molar-refractivity contribution is 5.87. The lowest BCUT2D eigenvalue weighted by molar-refractivity contribution is -0.148. The van der Waals surface area contributed by atoms with Gasteiger partial charge in [-0.1, -0.05) is 13.8 Å². The molecule has 0 saturated heterocycles. The minimum atomic E-state index is -0.909. The van der Waals surface area contributed by atoms with E-state index in [1.165, 1.54) is 20.3 Å². The number of nitrogens with one attached hydrogen (secondary N) is 1. The molecule has 1 aromatic heterocycles. The van der Waals surface area contributed by atoms with E-state index in [9.17, 15) is 9.59 Å². The lowest BCUT2D eigenvalue weighted by atomic mass is 10.1. The Morgan fingerprint density at radius 3 is 2.12 bits per heavy atom. The summed E-state index contributed by atoms with van der Waals surface area (Å²) in [5, 5.41) is 2.57. The molecule has 2 unspecified atom stereocenters. The van der Waals surface area contributed by atoms with Gasteiger partial charge >= 0.3 is 12.0 Å². The second kappa shape index (κ2) is 9.65. The number of carbonyl (C=O) groups excluding carboxylic acids is 2. The van der Waals surface area contributed by atoms with Gasteiger partial charge in [-0.15, -0.1) is 0 Å². The minimum Gasteiger partial charge on any atom is -0.481 e. The van der Waals surface area contributed by atoms with Crippen LogP contribution in [0.25, 0.3) is 0 Å². The van der Waals surface area contributed by atoms with Crippen LogP contribution in [0.15, 0.2) is 6.07 Å². The van der Waals surface area contributed by atoms with Crippen LogP contribution in [0.2, 0.25) is 0 Å². The van der Waals surface area contributed by atoms with E-state index in [4.69, 9.17) is 18.9 Å². The van der Waals surface area contributed by atoms with Crippen molar-refractivity contribution < 1.29 is 28.5 Å². The zero-order chi connectivity index (χ0) is 19.0. The maximum Gasteiger partial charge on any atom is 0.328 e. The second-order valence-electron chi connectivity index (χ2n) is 5.50. The Balaban J connectivity index is 2.90. The van der Waals surface area contributed by atoms with Crippen LogP contribution in [0.1, 0.15) is 27.7 Å². The van der Waals surface area contributed by atoms with E-state index >= 15 is 0 Å². The molecule has 25 heavy (non-hydrogen) atoms. The predicted octanol–water partition coefficient (Wildman–Crippen LogP) is 0.965. The Labute approximate surface area is 147 Å². The van der Waals surface area contributed by atoms with Crippen molar-refractivity contribution >= 4 is 11.9 Å². The lowest BCUT2D eigenvalue weighted by Crippen LogP contribution is -2.48. The van der Waals surface area contributed by atoms with Crippen molar-refractivity contribution in [3.05, 3.63) is 6.07 Å². The zero-order valence-electron chi connectivity index (χ0n) is 15.4. The van der Waals surface area contributed by atoms with E-state index in [0.717, 1.165) is 0 Å². The Hall–Kier alpha value is -2.58. The molecule has 1 amide bonds. The highest BCUT2D eigenvalue weighted by Gasteiger charge is 2.29. The first-order valence-electron chi connectivity index (χ1n) is 7.93. The zero-order valence-corrected chi connectivity index (χ0v) is 15.4. The van der Waals surface area contributed by atoms with Gasteiger partial charge in [-0.05, 0) is 19.8 Å². The van der Waals surface area contributed by atoms with Gasteiger partial charge in [-0.25, -0.2) is 4.79 Å². The average molecular weight is 355 g/mol. The number of rotatable bonds is 9. The third-order valence-corrected chi connectivity index (χ3v) is 3.17. The molecule has 0 radical (unpaired) electrons. The number of ether oxygens (including phenoxy) is 4. The van der Waals surface area contributed by atoms with Crippen molar-refractivity contribution in [3.8, 4) is 17.8 Å². The molecule has 0 aliphatic carbocycles. The molecule has 0 aromatic carbocycles. The Morgan fingerprint density at radius 1 is 1.12 bits per heavy atom. The van der Waals surface area contributed by atoms with Crippen molar-refractivity contribution in [2.45, 2.75) is 39.8 Å². The Bertz CT molecular complexity index is 571. The van der Waals surface area contributed by atoms with Crippen molar-refractivity contribution in [2.75, 3.05) is 20.8 Å². The van der Waals surface area contributed by atoms with Gasteiger partial charge in [-0.2, -0.15) is 9.97 Å². The average Bonchev–Trinajstić information content (AvgIpc) is 2.58. The van der Waals surface area contributed by atoms with Gasteiger partial charge in [0, 0.05) is 0 Å². The van der Waals surface area contributed by atoms with Crippen LogP contribution >= 0.6 is 0 Å². The summed E-state index contributed by atoms with van der Waals surface area (Å²) in [5.41, 5.74) is 0. The predicted molar refractivity (Wildman–Crippen MR) is 88.6 cm³/mol. The fourth-order valence-corrected chi connectivity index (χ4v) is 1.87. The summed E-state index contributed by atoms with van der Waals surface area (Å²) < 4.78 is 20.6. The third-order valence-electron chi connectivity index (χ3n) is 3.17. The molecule has 140 valence electrons. The number of hydrogen-bond donors (Lipinski definition) is 1. The molecule has 1 aromatic rings. The van der Waals surface area contributed by atoms with E-state index < -0.39 is 24.0 Å². The summed E-state index contributed by atoms with van der Waals surface area (Å²) in [6.45, 7) is 7.08. The molecule has 9 heteroatoms. The molecule has 2 atom stereocenters. The van der Waals surface area contributed by atoms with Gasteiger partial charge in [0.05, 0.1) is 26.9 Å². The lowest BCUT2D eigenvalue weighted by Gasteiger charge is -2.22. The summed E-state index contributed by atoms with van der Waals surface area (Å²) >= 11 is 0. The van der Waals surface area contributed by atoms with Crippen molar-refractivity contribution in [1.82, 2.24) is 15.3 Å². The number of esters is 1. The molecule has 1 N–H and O–H groups in total.